The molecule has 2 aromatic rings. The van der Waals surface area contributed by atoms with E-state index >= 15 is 0 Å². The third-order valence-corrected chi connectivity index (χ3v) is 4.44. The van der Waals surface area contributed by atoms with Crippen LogP contribution in [0.1, 0.15) is 17.2 Å². The zero-order chi connectivity index (χ0) is 14.2. The molecule has 0 aliphatic rings. The van der Waals surface area contributed by atoms with Crippen LogP contribution in [-0.2, 0) is 0 Å². The van der Waals surface area contributed by atoms with E-state index in [9.17, 15) is 4.39 Å². The van der Waals surface area contributed by atoms with Gasteiger partial charge in [-0.25, -0.2) is 4.39 Å². The maximum atomic E-state index is 14.0. The summed E-state index contributed by atoms with van der Waals surface area (Å²) in [7, 11) is 0. The molecule has 0 aliphatic carbocycles. The molecule has 0 aromatic heterocycles. The molecule has 19 heavy (non-hydrogen) atoms. The highest BCUT2D eigenvalue weighted by atomic mass is 79.9. The van der Waals surface area contributed by atoms with Crippen LogP contribution in [0.4, 0.5) is 4.39 Å². The number of hydrogen-bond donors (Lipinski definition) is 1. The first-order chi connectivity index (χ1) is 8.90. The van der Waals surface area contributed by atoms with Crippen LogP contribution in [0, 0.1) is 5.82 Å². The Morgan fingerprint density at radius 3 is 2.37 bits per heavy atom. The van der Waals surface area contributed by atoms with E-state index in [1.807, 2.05) is 0 Å². The van der Waals surface area contributed by atoms with E-state index in [0.717, 1.165) is 0 Å². The predicted octanol–water partition coefficient (Wildman–Crippen LogP) is 5.60. The molecule has 0 radical (unpaired) electrons. The van der Waals surface area contributed by atoms with Crippen LogP contribution in [0.2, 0.25) is 15.1 Å². The van der Waals surface area contributed by atoms with Gasteiger partial charge < -0.3 is 5.73 Å². The fourth-order valence-corrected chi connectivity index (χ4v) is 2.60. The lowest BCUT2D eigenvalue weighted by Crippen LogP contribution is -2.14. The summed E-state index contributed by atoms with van der Waals surface area (Å²) < 4.78 is 14.4. The molecular weight excluding hydrogens is 375 g/mol. The summed E-state index contributed by atoms with van der Waals surface area (Å²) >= 11 is 21.1. The van der Waals surface area contributed by atoms with Crippen molar-refractivity contribution < 1.29 is 4.39 Å². The van der Waals surface area contributed by atoms with Gasteiger partial charge in [0.15, 0.2) is 0 Å². The second kappa shape index (κ2) is 5.98. The van der Waals surface area contributed by atoms with Crippen LogP contribution < -0.4 is 5.73 Å². The highest BCUT2D eigenvalue weighted by molar-refractivity contribution is 9.10. The van der Waals surface area contributed by atoms with Crippen molar-refractivity contribution in [1.82, 2.24) is 0 Å². The molecule has 2 rings (SSSR count). The fourth-order valence-electron chi connectivity index (χ4n) is 1.70. The molecule has 0 spiro atoms. The maximum Gasteiger partial charge on any atom is 0.129 e. The van der Waals surface area contributed by atoms with Crippen molar-refractivity contribution in [2.45, 2.75) is 6.04 Å². The topological polar surface area (TPSA) is 26.0 Å². The van der Waals surface area contributed by atoms with Crippen LogP contribution in [0.5, 0.6) is 0 Å². The minimum Gasteiger partial charge on any atom is -0.320 e. The molecule has 0 saturated carbocycles. The van der Waals surface area contributed by atoms with Crippen molar-refractivity contribution in [1.29, 1.82) is 0 Å². The Balaban J connectivity index is 2.52. The van der Waals surface area contributed by atoms with Gasteiger partial charge in [0.05, 0.1) is 11.1 Å². The molecule has 0 heterocycles. The van der Waals surface area contributed by atoms with E-state index in [1.165, 1.54) is 12.1 Å². The van der Waals surface area contributed by atoms with E-state index in [2.05, 4.69) is 15.9 Å². The Bertz CT molecular complexity index is 634. The van der Waals surface area contributed by atoms with Crippen LogP contribution in [0.15, 0.2) is 34.8 Å². The highest BCUT2D eigenvalue weighted by Crippen LogP contribution is 2.33. The summed E-state index contributed by atoms with van der Waals surface area (Å²) in [5.41, 5.74) is 6.86. The lowest BCUT2D eigenvalue weighted by molar-refractivity contribution is 0.599. The first-order valence-electron chi connectivity index (χ1n) is 5.25. The molecule has 1 nitrogen and oxygen atoms in total. The maximum absolute atomic E-state index is 14.0. The average Bonchev–Trinajstić information content (AvgIpc) is 2.36. The van der Waals surface area contributed by atoms with Crippen LogP contribution in [0.3, 0.4) is 0 Å². The largest absolute Gasteiger partial charge is 0.320 e. The third-order valence-electron chi connectivity index (χ3n) is 2.67. The fraction of sp³-hybridized carbons (Fsp3) is 0.0769. The minimum absolute atomic E-state index is 0.261. The van der Waals surface area contributed by atoms with Crippen molar-refractivity contribution in [3.05, 3.63) is 66.8 Å². The Hall–Kier alpha value is -0.320. The van der Waals surface area contributed by atoms with Crippen molar-refractivity contribution in [2.75, 3.05) is 0 Å². The Morgan fingerprint density at radius 1 is 1.00 bits per heavy atom. The molecule has 100 valence electrons. The summed E-state index contributed by atoms with van der Waals surface area (Å²) in [5.74, 6) is -0.459. The molecule has 6 heteroatoms. The van der Waals surface area contributed by atoms with Gasteiger partial charge in [0.25, 0.3) is 0 Å². The summed E-state index contributed by atoms with van der Waals surface area (Å²) in [4.78, 5) is 0. The Kier molecular flexibility index (Phi) is 4.75. The van der Waals surface area contributed by atoms with Crippen molar-refractivity contribution in [2.24, 2.45) is 5.73 Å². The zero-order valence-corrected chi connectivity index (χ0v) is 13.3. The van der Waals surface area contributed by atoms with E-state index in [0.29, 0.717) is 25.1 Å². The van der Waals surface area contributed by atoms with Gasteiger partial charge in [-0.3, -0.25) is 0 Å². The number of hydrogen-bond acceptors (Lipinski definition) is 1. The lowest BCUT2D eigenvalue weighted by Gasteiger charge is -2.16. The van der Waals surface area contributed by atoms with Crippen LogP contribution >= 0.6 is 50.7 Å². The quantitative estimate of drug-likeness (QED) is 0.672. The number of rotatable bonds is 2. The summed E-state index contributed by atoms with van der Waals surface area (Å²) in [6, 6.07) is 6.89. The van der Waals surface area contributed by atoms with E-state index in [1.54, 1.807) is 18.2 Å². The van der Waals surface area contributed by atoms with Gasteiger partial charge in [-0.15, -0.1) is 0 Å². The Labute approximate surface area is 133 Å². The van der Waals surface area contributed by atoms with Crippen molar-refractivity contribution >= 4 is 50.7 Å². The van der Waals surface area contributed by atoms with Gasteiger partial charge in [-0.05, 0) is 51.8 Å². The molecule has 1 atom stereocenters. The molecule has 0 amide bonds. The van der Waals surface area contributed by atoms with Gasteiger partial charge in [0, 0.05) is 20.1 Å². The standard InChI is InChI=1S/C13H8BrCl3FN/c14-9-5-12(18)8(4-11(9)17)13(19)7-3-6(15)1-2-10(7)16/h1-5,13H,19H2. The first-order valence-corrected chi connectivity index (χ1v) is 7.18. The van der Waals surface area contributed by atoms with Crippen molar-refractivity contribution in [3.8, 4) is 0 Å². The minimum atomic E-state index is -0.739. The summed E-state index contributed by atoms with van der Waals surface area (Å²) in [6.07, 6.45) is 0. The molecule has 0 bridgehead atoms. The van der Waals surface area contributed by atoms with E-state index in [4.69, 9.17) is 40.5 Å². The zero-order valence-electron chi connectivity index (χ0n) is 9.43. The molecular formula is C13H8BrCl3FN. The third kappa shape index (κ3) is 3.23. The summed E-state index contributed by atoms with van der Waals surface area (Å²) in [6.45, 7) is 0. The highest BCUT2D eigenvalue weighted by Gasteiger charge is 2.18. The van der Waals surface area contributed by atoms with Gasteiger partial charge >= 0.3 is 0 Å². The first kappa shape index (κ1) is 15.1. The predicted molar refractivity (Wildman–Crippen MR) is 81.6 cm³/mol. The molecule has 0 aliphatic heterocycles. The lowest BCUT2D eigenvalue weighted by atomic mass is 9.99. The SMILES string of the molecule is NC(c1cc(Cl)c(Br)cc1F)c1cc(Cl)ccc1Cl. The average molecular weight is 383 g/mol. The second-order valence-electron chi connectivity index (χ2n) is 3.93. The molecule has 2 N–H and O–H groups in total. The van der Waals surface area contributed by atoms with E-state index in [-0.39, 0.29) is 5.56 Å². The second-order valence-corrected chi connectivity index (χ2v) is 6.04. The summed E-state index contributed by atoms with van der Waals surface area (Å²) in [5, 5.41) is 1.29. The van der Waals surface area contributed by atoms with E-state index < -0.39 is 11.9 Å². The van der Waals surface area contributed by atoms with Gasteiger partial charge in [-0.1, -0.05) is 34.8 Å². The number of nitrogens with two attached hydrogens (primary N) is 1. The van der Waals surface area contributed by atoms with Gasteiger partial charge in [0.2, 0.25) is 0 Å². The number of halogens is 5. The normalized spacial score (nSPS) is 12.5. The molecule has 2 aromatic carbocycles. The van der Waals surface area contributed by atoms with Gasteiger partial charge in [-0.2, -0.15) is 0 Å². The number of benzene rings is 2. The van der Waals surface area contributed by atoms with Crippen LogP contribution in [0.25, 0.3) is 0 Å². The van der Waals surface area contributed by atoms with Gasteiger partial charge in [0.1, 0.15) is 5.82 Å². The molecule has 0 fully saturated rings. The van der Waals surface area contributed by atoms with Crippen molar-refractivity contribution in [3.63, 3.8) is 0 Å². The monoisotopic (exact) mass is 381 g/mol. The molecule has 1 unspecified atom stereocenters. The van der Waals surface area contributed by atoms with Crippen LogP contribution in [-0.4, -0.2) is 0 Å². The molecule has 0 saturated heterocycles. The Morgan fingerprint density at radius 2 is 1.68 bits per heavy atom. The smallest absolute Gasteiger partial charge is 0.129 e.